The first-order valence-corrected chi connectivity index (χ1v) is 7.88. The fourth-order valence-electron chi connectivity index (χ4n) is 2.90. The Hall–Kier alpha value is -0.870. The van der Waals surface area contributed by atoms with Gasteiger partial charge in [0.05, 0.1) is 28.9 Å². The summed E-state index contributed by atoms with van der Waals surface area (Å²) in [6.45, 7) is 7.54. The highest BCUT2D eigenvalue weighted by Gasteiger charge is 2.33. The second-order valence-corrected chi connectivity index (χ2v) is 5.61. The molecular formula is C15H23ClN2O2. The molecule has 2 unspecified atom stereocenters. The van der Waals surface area contributed by atoms with Crippen LogP contribution in [-0.2, 0) is 28.9 Å². The molecule has 20 heavy (non-hydrogen) atoms. The van der Waals surface area contributed by atoms with Crippen LogP contribution in [-0.4, -0.2) is 28.3 Å². The fraction of sp³-hybridized carbons (Fsp3) is 0.733. The predicted octanol–water partition coefficient (Wildman–Crippen LogP) is 3.05. The molecule has 0 aromatic carbocycles. The summed E-state index contributed by atoms with van der Waals surface area (Å²) in [6.07, 6.45) is 2.94. The van der Waals surface area contributed by atoms with Gasteiger partial charge >= 0.3 is 0 Å². The number of rotatable bonds is 6. The highest BCUT2D eigenvalue weighted by molar-refractivity contribution is 6.32. The van der Waals surface area contributed by atoms with Crippen LogP contribution in [0.4, 0.5) is 0 Å². The Balaban J connectivity index is 2.17. The smallest absolute Gasteiger partial charge is 0.144 e. The van der Waals surface area contributed by atoms with E-state index in [9.17, 15) is 4.79 Å². The van der Waals surface area contributed by atoms with Crippen LogP contribution in [0.5, 0.6) is 0 Å². The van der Waals surface area contributed by atoms with Crippen molar-refractivity contribution in [2.45, 2.75) is 59.1 Å². The zero-order chi connectivity index (χ0) is 14.7. The maximum Gasteiger partial charge on any atom is 0.144 e. The minimum atomic E-state index is 0.0151. The summed E-state index contributed by atoms with van der Waals surface area (Å²) in [5, 5.41) is 5.13. The number of nitrogens with zero attached hydrogens (tertiary/aromatic N) is 2. The lowest BCUT2D eigenvalue weighted by Crippen LogP contribution is -2.26. The zero-order valence-corrected chi connectivity index (χ0v) is 13.2. The molecule has 112 valence electrons. The van der Waals surface area contributed by atoms with E-state index in [1.165, 1.54) is 0 Å². The van der Waals surface area contributed by atoms with Crippen molar-refractivity contribution in [1.29, 1.82) is 0 Å². The lowest BCUT2D eigenvalue weighted by molar-refractivity contribution is -0.124. The monoisotopic (exact) mass is 298 g/mol. The molecule has 0 bridgehead atoms. The normalized spacial score (nSPS) is 22.4. The second kappa shape index (κ2) is 6.72. The Morgan fingerprint density at radius 1 is 1.45 bits per heavy atom. The number of halogens is 1. The van der Waals surface area contributed by atoms with Gasteiger partial charge in [-0.2, -0.15) is 5.10 Å². The number of aryl methyl sites for hydroxylation is 2. The molecule has 0 spiro atoms. The molecule has 0 amide bonds. The van der Waals surface area contributed by atoms with E-state index in [-0.39, 0.29) is 17.8 Å². The van der Waals surface area contributed by atoms with Gasteiger partial charge < -0.3 is 4.74 Å². The van der Waals surface area contributed by atoms with E-state index in [4.69, 9.17) is 16.3 Å². The lowest BCUT2D eigenvalue weighted by Gasteiger charge is -2.15. The van der Waals surface area contributed by atoms with Gasteiger partial charge in [0.2, 0.25) is 0 Å². The van der Waals surface area contributed by atoms with Crippen molar-refractivity contribution < 1.29 is 9.53 Å². The molecule has 4 nitrogen and oxygen atoms in total. The van der Waals surface area contributed by atoms with E-state index < -0.39 is 0 Å². The largest absolute Gasteiger partial charge is 0.377 e. The number of Topliss-reactive ketones (excluding diaryl/α,β-unsaturated/α-hetero) is 1. The van der Waals surface area contributed by atoms with Crippen molar-refractivity contribution in [2.75, 3.05) is 6.61 Å². The lowest BCUT2D eigenvalue weighted by atomic mass is 9.92. The summed E-state index contributed by atoms with van der Waals surface area (Å²) < 4.78 is 7.47. The van der Waals surface area contributed by atoms with E-state index in [1.807, 2.05) is 18.5 Å². The number of carbonyl (C=O) groups is 1. The molecule has 2 atom stereocenters. The highest BCUT2D eigenvalue weighted by atomic mass is 35.5. The van der Waals surface area contributed by atoms with Gasteiger partial charge in [-0.3, -0.25) is 9.48 Å². The van der Waals surface area contributed by atoms with Crippen molar-refractivity contribution in [3.05, 3.63) is 16.4 Å². The van der Waals surface area contributed by atoms with Crippen LogP contribution in [0.15, 0.2) is 0 Å². The number of ether oxygens (including phenoxy) is 1. The number of hydrogen-bond acceptors (Lipinski definition) is 3. The molecule has 0 radical (unpaired) electrons. The molecule has 1 aromatic heterocycles. The van der Waals surface area contributed by atoms with E-state index in [1.54, 1.807) is 0 Å². The average Bonchev–Trinajstić information content (AvgIpc) is 3.04. The Morgan fingerprint density at radius 3 is 2.80 bits per heavy atom. The minimum absolute atomic E-state index is 0.0151. The number of ketones is 1. The van der Waals surface area contributed by atoms with Crippen molar-refractivity contribution in [1.82, 2.24) is 9.78 Å². The Kier molecular flexibility index (Phi) is 5.22. The summed E-state index contributed by atoms with van der Waals surface area (Å²) in [5.74, 6) is 0.245. The third kappa shape index (κ3) is 2.91. The maximum atomic E-state index is 12.5. The maximum absolute atomic E-state index is 12.5. The minimum Gasteiger partial charge on any atom is -0.377 e. The van der Waals surface area contributed by atoms with E-state index >= 15 is 0 Å². The Bertz CT molecular complexity index is 484. The number of hydrogen-bond donors (Lipinski definition) is 0. The molecule has 1 fully saturated rings. The van der Waals surface area contributed by atoms with E-state index in [0.717, 1.165) is 37.2 Å². The van der Waals surface area contributed by atoms with Crippen molar-refractivity contribution in [2.24, 2.45) is 5.92 Å². The molecule has 0 saturated carbocycles. The molecule has 0 N–H and O–H groups in total. The summed E-state index contributed by atoms with van der Waals surface area (Å²) in [4.78, 5) is 12.5. The van der Waals surface area contributed by atoms with Gasteiger partial charge in [0.15, 0.2) is 0 Å². The van der Waals surface area contributed by atoms with Gasteiger partial charge in [-0.25, -0.2) is 0 Å². The summed E-state index contributed by atoms with van der Waals surface area (Å²) in [5.41, 5.74) is 1.74. The highest BCUT2D eigenvalue weighted by Crippen LogP contribution is 2.28. The van der Waals surface area contributed by atoms with Gasteiger partial charge in [0.25, 0.3) is 0 Å². The summed E-state index contributed by atoms with van der Waals surface area (Å²) in [6, 6.07) is 0. The third-order valence-corrected chi connectivity index (χ3v) is 4.50. The first kappa shape index (κ1) is 15.5. The molecular weight excluding hydrogens is 276 g/mol. The van der Waals surface area contributed by atoms with E-state index in [2.05, 4.69) is 12.0 Å². The first-order valence-electron chi connectivity index (χ1n) is 7.50. The third-order valence-electron chi connectivity index (χ3n) is 4.06. The molecule has 1 aliphatic rings. The van der Waals surface area contributed by atoms with Crippen LogP contribution >= 0.6 is 11.6 Å². The van der Waals surface area contributed by atoms with Crippen molar-refractivity contribution >= 4 is 17.4 Å². The van der Waals surface area contributed by atoms with Gasteiger partial charge in [0, 0.05) is 19.1 Å². The van der Waals surface area contributed by atoms with Crippen LogP contribution in [0.2, 0.25) is 5.02 Å². The standard InChI is InChI=1S/C15H23ClN2O2/c1-4-11-15(16)12(18(6-3)17-11)9-13(19)10-7-8-20-14(10)5-2/h10,14H,4-9H2,1-3H3. The SMILES string of the molecule is CCc1nn(CC)c(CC(=O)C2CCOC2CC)c1Cl. The van der Waals surface area contributed by atoms with Crippen LogP contribution in [0.25, 0.3) is 0 Å². The molecule has 2 heterocycles. The predicted molar refractivity (Wildman–Crippen MR) is 79.1 cm³/mol. The fourth-order valence-corrected chi connectivity index (χ4v) is 3.24. The van der Waals surface area contributed by atoms with Gasteiger partial charge in [-0.05, 0) is 26.2 Å². The molecule has 1 aliphatic heterocycles. The van der Waals surface area contributed by atoms with E-state index in [0.29, 0.717) is 18.1 Å². The zero-order valence-electron chi connectivity index (χ0n) is 12.5. The second-order valence-electron chi connectivity index (χ2n) is 5.23. The average molecular weight is 299 g/mol. The van der Waals surface area contributed by atoms with Crippen LogP contribution in [0.3, 0.4) is 0 Å². The first-order chi connectivity index (χ1) is 9.62. The number of carbonyl (C=O) groups excluding carboxylic acids is 1. The molecule has 1 aromatic rings. The van der Waals surface area contributed by atoms with Gasteiger partial charge in [-0.1, -0.05) is 25.4 Å². The number of aromatic nitrogens is 2. The molecule has 5 heteroatoms. The van der Waals surface area contributed by atoms with Crippen molar-refractivity contribution in [3.8, 4) is 0 Å². The Labute approximate surface area is 125 Å². The van der Waals surface area contributed by atoms with Crippen molar-refractivity contribution in [3.63, 3.8) is 0 Å². The summed E-state index contributed by atoms with van der Waals surface area (Å²) in [7, 11) is 0. The topological polar surface area (TPSA) is 44.1 Å². The summed E-state index contributed by atoms with van der Waals surface area (Å²) >= 11 is 6.36. The molecule has 1 saturated heterocycles. The van der Waals surface area contributed by atoms with Gasteiger partial charge in [0.1, 0.15) is 5.78 Å². The molecule has 0 aliphatic carbocycles. The van der Waals surface area contributed by atoms with Crippen LogP contribution in [0.1, 0.15) is 45.0 Å². The quantitative estimate of drug-likeness (QED) is 0.811. The molecule has 2 rings (SSSR count). The van der Waals surface area contributed by atoms with Gasteiger partial charge in [-0.15, -0.1) is 0 Å². The van der Waals surface area contributed by atoms with Crippen LogP contribution < -0.4 is 0 Å². The Morgan fingerprint density at radius 2 is 2.20 bits per heavy atom. The van der Waals surface area contributed by atoms with Crippen LogP contribution in [0, 0.1) is 5.92 Å².